The molecule has 0 radical (unpaired) electrons. The SMILES string of the molecule is CNC(=O)CSc1nnc(CC2C(=O)N(C)C(=O)N=C2C)o1. The number of amides is 4. The Hall–Kier alpha value is -2.23. The van der Waals surface area contributed by atoms with E-state index in [1.165, 1.54) is 14.1 Å². The molecule has 22 heavy (non-hydrogen) atoms. The van der Waals surface area contributed by atoms with Crippen molar-refractivity contribution in [1.82, 2.24) is 20.4 Å². The molecule has 0 aromatic carbocycles. The Labute approximate surface area is 130 Å². The summed E-state index contributed by atoms with van der Waals surface area (Å²) < 4.78 is 5.39. The predicted octanol–water partition coefficient (Wildman–Crippen LogP) is 0.119. The predicted molar refractivity (Wildman–Crippen MR) is 77.6 cm³/mol. The standard InChI is InChI=1S/C12H15N5O4S/c1-6-7(10(19)17(3)11(20)14-6)4-9-15-16-12(21-9)22-5-8(18)13-2/h7H,4-5H2,1-3H3,(H,13,18). The van der Waals surface area contributed by atoms with Crippen LogP contribution in [0, 0.1) is 5.92 Å². The summed E-state index contributed by atoms with van der Waals surface area (Å²) in [7, 11) is 2.92. The number of nitrogens with one attached hydrogen (secondary N) is 1. The van der Waals surface area contributed by atoms with Crippen molar-refractivity contribution in [3.63, 3.8) is 0 Å². The van der Waals surface area contributed by atoms with Gasteiger partial charge in [-0.2, -0.15) is 0 Å². The third-order valence-corrected chi connectivity index (χ3v) is 3.94. The highest BCUT2D eigenvalue weighted by molar-refractivity contribution is 7.99. The third kappa shape index (κ3) is 3.50. The Morgan fingerprint density at radius 3 is 2.82 bits per heavy atom. The summed E-state index contributed by atoms with van der Waals surface area (Å²) in [6, 6.07) is -0.578. The van der Waals surface area contributed by atoms with Gasteiger partial charge >= 0.3 is 6.03 Å². The van der Waals surface area contributed by atoms with E-state index in [1.807, 2.05) is 0 Å². The van der Waals surface area contributed by atoms with Crippen LogP contribution in [0.4, 0.5) is 4.79 Å². The molecule has 1 unspecified atom stereocenters. The zero-order chi connectivity index (χ0) is 16.3. The number of imide groups is 1. The molecule has 1 N–H and O–H groups in total. The van der Waals surface area contributed by atoms with Crippen molar-refractivity contribution in [2.45, 2.75) is 18.6 Å². The van der Waals surface area contributed by atoms with Crippen LogP contribution in [0.15, 0.2) is 14.6 Å². The monoisotopic (exact) mass is 325 g/mol. The van der Waals surface area contributed by atoms with E-state index in [-0.39, 0.29) is 35.1 Å². The van der Waals surface area contributed by atoms with Gasteiger partial charge in [0.25, 0.3) is 5.22 Å². The van der Waals surface area contributed by atoms with Crippen molar-refractivity contribution in [3.05, 3.63) is 5.89 Å². The van der Waals surface area contributed by atoms with Gasteiger partial charge in [0.2, 0.25) is 17.7 Å². The van der Waals surface area contributed by atoms with Gasteiger partial charge < -0.3 is 9.73 Å². The Balaban J connectivity index is 2.03. The van der Waals surface area contributed by atoms with E-state index in [1.54, 1.807) is 6.92 Å². The molecule has 4 amide bonds. The third-order valence-electron chi connectivity index (χ3n) is 3.12. The maximum absolute atomic E-state index is 12.1. The van der Waals surface area contributed by atoms with Gasteiger partial charge in [0.1, 0.15) is 0 Å². The van der Waals surface area contributed by atoms with Crippen molar-refractivity contribution in [3.8, 4) is 0 Å². The molecule has 9 nitrogen and oxygen atoms in total. The summed E-state index contributed by atoms with van der Waals surface area (Å²) in [5.74, 6) is -0.682. The number of hydrogen-bond acceptors (Lipinski definition) is 7. The van der Waals surface area contributed by atoms with Crippen molar-refractivity contribution in [1.29, 1.82) is 0 Å². The van der Waals surface area contributed by atoms with Gasteiger partial charge in [-0.25, -0.2) is 9.79 Å². The number of urea groups is 1. The van der Waals surface area contributed by atoms with Gasteiger partial charge in [-0.15, -0.1) is 10.2 Å². The molecule has 0 aliphatic carbocycles. The molecule has 0 fully saturated rings. The number of rotatable bonds is 5. The van der Waals surface area contributed by atoms with Gasteiger partial charge in [-0.1, -0.05) is 11.8 Å². The molecule has 0 saturated carbocycles. The summed E-state index contributed by atoms with van der Waals surface area (Å²) in [6.45, 7) is 1.62. The molecule has 10 heteroatoms. The quantitative estimate of drug-likeness (QED) is 0.764. The molecule has 1 aromatic heterocycles. The molecule has 2 rings (SSSR count). The number of hydrogen-bond donors (Lipinski definition) is 1. The molecule has 1 atom stereocenters. The van der Waals surface area contributed by atoms with Crippen LogP contribution in [-0.4, -0.2) is 58.5 Å². The number of carbonyl (C=O) groups excluding carboxylic acids is 3. The van der Waals surface area contributed by atoms with E-state index in [9.17, 15) is 14.4 Å². The van der Waals surface area contributed by atoms with E-state index in [0.717, 1.165) is 16.7 Å². The largest absolute Gasteiger partial charge is 0.416 e. The molecule has 0 spiro atoms. The first-order valence-electron chi connectivity index (χ1n) is 6.44. The fraction of sp³-hybridized carbons (Fsp3) is 0.500. The second-order valence-corrected chi connectivity index (χ2v) is 5.54. The molecule has 1 aliphatic heterocycles. The van der Waals surface area contributed by atoms with Crippen molar-refractivity contribution in [2.75, 3.05) is 19.8 Å². The topological polar surface area (TPSA) is 118 Å². The van der Waals surface area contributed by atoms with Crippen LogP contribution < -0.4 is 5.32 Å². The van der Waals surface area contributed by atoms with Gasteiger partial charge in [-0.3, -0.25) is 14.5 Å². The summed E-state index contributed by atoms with van der Waals surface area (Å²) in [5, 5.41) is 10.4. The Kier molecular flexibility index (Phi) is 4.91. The smallest absolute Gasteiger partial charge is 0.349 e. The fourth-order valence-electron chi connectivity index (χ4n) is 1.80. The molecular formula is C12H15N5O4S. The van der Waals surface area contributed by atoms with E-state index >= 15 is 0 Å². The average Bonchev–Trinajstić information content (AvgIpc) is 2.94. The highest BCUT2D eigenvalue weighted by atomic mass is 32.2. The molecular weight excluding hydrogens is 310 g/mol. The van der Waals surface area contributed by atoms with Crippen LogP contribution in [0.5, 0.6) is 0 Å². The number of thioether (sulfide) groups is 1. The maximum Gasteiger partial charge on any atom is 0.349 e. The minimum Gasteiger partial charge on any atom is -0.416 e. The van der Waals surface area contributed by atoms with Gasteiger partial charge in [0, 0.05) is 26.2 Å². The van der Waals surface area contributed by atoms with Crippen molar-refractivity contribution >= 4 is 35.3 Å². The van der Waals surface area contributed by atoms with Crippen LogP contribution in [-0.2, 0) is 16.0 Å². The molecule has 2 heterocycles. The first-order valence-corrected chi connectivity index (χ1v) is 7.43. The number of aromatic nitrogens is 2. The first kappa shape index (κ1) is 16.1. The Morgan fingerprint density at radius 2 is 2.14 bits per heavy atom. The summed E-state index contributed by atoms with van der Waals surface area (Å²) >= 11 is 1.11. The number of aliphatic imine (C=N–C) groups is 1. The second kappa shape index (κ2) is 6.69. The fourth-order valence-corrected chi connectivity index (χ4v) is 2.45. The number of nitrogens with zero attached hydrogens (tertiary/aromatic N) is 4. The molecule has 1 aromatic rings. The normalized spacial score (nSPS) is 18.4. The summed E-state index contributed by atoms with van der Waals surface area (Å²) in [5.41, 5.74) is 0.422. The average molecular weight is 325 g/mol. The zero-order valence-electron chi connectivity index (χ0n) is 12.3. The van der Waals surface area contributed by atoms with E-state index in [0.29, 0.717) is 5.71 Å². The number of carbonyl (C=O) groups is 3. The minimum absolute atomic E-state index is 0.157. The van der Waals surface area contributed by atoms with Crippen molar-refractivity contribution in [2.24, 2.45) is 10.9 Å². The van der Waals surface area contributed by atoms with E-state index in [2.05, 4.69) is 20.5 Å². The Bertz CT molecular complexity index is 641. The maximum atomic E-state index is 12.1. The van der Waals surface area contributed by atoms with E-state index < -0.39 is 11.9 Å². The van der Waals surface area contributed by atoms with E-state index in [4.69, 9.17) is 4.42 Å². The van der Waals surface area contributed by atoms with Crippen LogP contribution in [0.2, 0.25) is 0 Å². The molecule has 1 aliphatic rings. The summed E-state index contributed by atoms with van der Waals surface area (Å²) in [4.78, 5) is 39.4. The lowest BCUT2D eigenvalue weighted by atomic mass is 9.97. The van der Waals surface area contributed by atoms with Crippen LogP contribution in [0.1, 0.15) is 12.8 Å². The minimum atomic E-state index is -0.597. The molecule has 0 saturated heterocycles. The summed E-state index contributed by atoms with van der Waals surface area (Å²) in [6.07, 6.45) is 0.166. The van der Waals surface area contributed by atoms with Gasteiger partial charge in [0.15, 0.2) is 0 Å². The Morgan fingerprint density at radius 1 is 1.41 bits per heavy atom. The molecule has 118 valence electrons. The lowest BCUT2D eigenvalue weighted by Gasteiger charge is -2.24. The van der Waals surface area contributed by atoms with Crippen LogP contribution >= 0.6 is 11.8 Å². The van der Waals surface area contributed by atoms with Crippen molar-refractivity contribution < 1.29 is 18.8 Å². The molecule has 0 bridgehead atoms. The lowest BCUT2D eigenvalue weighted by Crippen LogP contribution is -2.44. The van der Waals surface area contributed by atoms with Crippen LogP contribution in [0.3, 0.4) is 0 Å². The zero-order valence-corrected chi connectivity index (χ0v) is 13.1. The highest BCUT2D eigenvalue weighted by Gasteiger charge is 2.34. The highest BCUT2D eigenvalue weighted by Crippen LogP contribution is 2.20. The van der Waals surface area contributed by atoms with Gasteiger partial charge in [0.05, 0.1) is 11.7 Å². The van der Waals surface area contributed by atoms with Crippen LogP contribution in [0.25, 0.3) is 0 Å². The second-order valence-electron chi connectivity index (χ2n) is 4.61. The first-order chi connectivity index (χ1) is 10.4. The lowest BCUT2D eigenvalue weighted by molar-refractivity contribution is -0.129. The van der Waals surface area contributed by atoms with Gasteiger partial charge in [-0.05, 0) is 6.92 Å².